The number of thioether (sulfide) groups is 1. The first kappa shape index (κ1) is 25.9. The minimum Gasteiger partial charge on any atom is -0.394 e. The number of aromatic amines is 2. The number of aromatic nitrogens is 2. The van der Waals surface area contributed by atoms with Crippen molar-refractivity contribution in [2.45, 2.75) is 17.2 Å². The van der Waals surface area contributed by atoms with Crippen molar-refractivity contribution in [2.24, 2.45) is 0 Å². The molecule has 0 amide bonds. The summed E-state index contributed by atoms with van der Waals surface area (Å²) in [6, 6.07) is 2.57. The van der Waals surface area contributed by atoms with E-state index in [1.54, 1.807) is 0 Å². The van der Waals surface area contributed by atoms with Crippen LogP contribution < -0.4 is 11.2 Å². The lowest BCUT2D eigenvalue weighted by Crippen LogP contribution is -2.24. The van der Waals surface area contributed by atoms with Crippen LogP contribution in [0.5, 0.6) is 0 Å². The predicted octanol–water partition coefficient (Wildman–Crippen LogP) is 3.30. The summed E-state index contributed by atoms with van der Waals surface area (Å²) in [6.45, 7) is -0.213. The van der Waals surface area contributed by atoms with Crippen LogP contribution in [0.1, 0.15) is 5.56 Å². The largest absolute Gasteiger partial charge is 0.417 e. The molecule has 0 aliphatic rings. The molecular weight excluding hydrogens is 487 g/mol. The molecule has 0 aliphatic carbocycles. The van der Waals surface area contributed by atoms with E-state index in [-0.39, 0.29) is 29.4 Å². The van der Waals surface area contributed by atoms with Crippen LogP contribution in [-0.2, 0) is 15.7 Å². The van der Waals surface area contributed by atoms with E-state index in [0.29, 0.717) is 23.9 Å². The molecule has 1 heterocycles. The maximum atomic E-state index is 14.7. The molecule has 0 radical (unpaired) electrons. The van der Waals surface area contributed by atoms with Gasteiger partial charge in [0, 0.05) is 35.0 Å². The molecule has 0 aliphatic heterocycles. The molecule has 0 spiro atoms. The Morgan fingerprint density at radius 2 is 1.85 bits per heavy atom. The Labute approximate surface area is 192 Å². The number of fused-ring (bicyclic) bond motifs is 1. The van der Waals surface area contributed by atoms with Gasteiger partial charge in [0.05, 0.1) is 42.4 Å². The van der Waals surface area contributed by atoms with Crippen LogP contribution >= 0.6 is 11.8 Å². The SMILES string of the molecule is COCCO[C@@H](CO)CSc1c(-c2ccc(F)cc2F)c(C(F)(F)F)cc2c(=O)[nH]c(=O)[nH]c12. The van der Waals surface area contributed by atoms with E-state index in [1.807, 2.05) is 4.98 Å². The lowest BCUT2D eigenvalue weighted by Gasteiger charge is -2.21. The zero-order valence-electron chi connectivity index (χ0n) is 17.6. The maximum absolute atomic E-state index is 14.7. The van der Waals surface area contributed by atoms with Crippen LogP contribution in [0.2, 0.25) is 0 Å². The van der Waals surface area contributed by atoms with E-state index in [2.05, 4.69) is 4.98 Å². The van der Waals surface area contributed by atoms with Gasteiger partial charge in [-0.2, -0.15) is 13.2 Å². The second-order valence-electron chi connectivity index (χ2n) is 7.06. The van der Waals surface area contributed by atoms with Gasteiger partial charge in [-0.05, 0) is 18.2 Å². The summed E-state index contributed by atoms with van der Waals surface area (Å²) in [6.07, 6.45) is -5.89. The fourth-order valence-electron chi connectivity index (χ4n) is 3.23. The van der Waals surface area contributed by atoms with Crippen LogP contribution in [-0.4, -0.2) is 53.9 Å². The summed E-state index contributed by atoms with van der Waals surface area (Å²) in [5.41, 5.74) is -4.95. The Kier molecular flexibility index (Phi) is 8.13. The summed E-state index contributed by atoms with van der Waals surface area (Å²) in [5, 5.41) is 9.09. The Morgan fingerprint density at radius 1 is 1.12 bits per heavy atom. The second-order valence-corrected chi connectivity index (χ2v) is 8.09. The predicted molar refractivity (Wildman–Crippen MR) is 115 cm³/mol. The monoisotopic (exact) mass is 506 g/mol. The molecule has 0 saturated heterocycles. The zero-order chi connectivity index (χ0) is 25.0. The highest BCUT2D eigenvalue weighted by atomic mass is 32.2. The van der Waals surface area contributed by atoms with Crippen molar-refractivity contribution in [1.82, 2.24) is 9.97 Å². The summed E-state index contributed by atoms with van der Waals surface area (Å²) >= 11 is 0.714. The molecule has 0 fully saturated rings. The van der Waals surface area contributed by atoms with Gasteiger partial charge in [-0.1, -0.05) is 0 Å². The third kappa shape index (κ3) is 5.66. The van der Waals surface area contributed by atoms with Crippen molar-refractivity contribution in [3.05, 3.63) is 62.3 Å². The molecule has 0 unspecified atom stereocenters. The second kappa shape index (κ2) is 10.7. The molecule has 3 rings (SSSR count). The number of halogens is 5. The Hall–Kier alpha value is -2.74. The summed E-state index contributed by atoms with van der Waals surface area (Å²) in [5.74, 6) is -2.39. The van der Waals surface area contributed by atoms with E-state index in [4.69, 9.17) is 9.47 Å². The van der Waals surface area contributed by atoms with E-state index in [9.17, 15) is 36.6 Å². The third-order valence-corrected chi connectivity index (χ3v) is 5.99. The molecule has 3 aromatic rings. The fourth-order valence-corrected chi connectivity index (χ4v) is 4.46. The number of H-pyrrole nitrogens is 2. The number of methoxy groups -OCH3 is 1. The number of aliphatic hydroxyl groups is 1. The van der Waals surface area contributed by atoms with Crippen LogP contribution in [0.4, 0.5) is 22.0 Å². The highest BCUT2D eigenvalue weighted by Gasteiger charge is 2.37. The van der Waals surface area contributed by atoms with Crippen molar-refractivity contribution in [3.63, 3.8) is 0 Å². The molecule has 3 N–H and O–H groups in total. The number of alkyl halides is 3. The van der Waals surface area contributed by atoms with Gasteiger partial charge < -0.3 is 19.6 Å². The number of nitrogens with one attached hydrogen (secondary N) is 2. The highest BCUT2D eigenvalue weighted by molar-refractivity contribution is 7.99. The first-order valence-electron chi connectivity index (χ1n) is 9.77. The first-order valence-corrected chi connectivity index (χ1v) is 10.8. The molecular formula is C21H19F5N2O5S. The van der Waals surface area contributed by atoms with Gasteiger partial charge in [-0.25, -0.2) is 13.6 Å². The molecule has 34 heavy (non-hydrogen) atoms. The molecule has 2 aromatic carbocycles. The first-order chi connectivity index (χ1) is 16.1. The standard InChI is InChI=1S/C21H19F5N2O5S/c1-32-4-5-33-11(8-29)9-34-18-16(12-3-2-10(22)6-15(12)23)14(21(24,25)26)7-13-17(18)27-20(31)28-19(13)30/h2-3,6-7,11,29H,4-5,8-9H2,1H3,(H2,27,28,30,31)/t11-/m0/s1. The molecule has 184 valence electrons. The van der Waals surface area contributed by atoms with Crippen molar-refractivity contribution >= 4 is 22.7 Å². The van der Waals surface area contributed by atoms with Gasteiger partial charge in [0.25, 0.3) is 5.56 Å². The smallest absolute Gasteiger partial charge is 0.394 e. The number of aliphatic hydroxyl groups excluding tert-OH is 1. The minimum absolute atomic E-state index is 0.0849. The number of hydrogen-bond acceptors (Lipinski definition) is 6. The van der Waals surface area contributed by atoms with Crippen LogP contribution in [0.25, 0.3) is 22.0 Å². The summed E-state index contributed by atoms with van der Waals surface area (Å²) < 4.78 is 80.6. The molecule has 0 saturated carbocycles. The average molecular weight is 506 g/mol. The lowest BCUT2D eigenvalue weighted by molar-refractivity contribution is -0.137. The zero-order valence-corrected chi connectivity index (χ0v) is 18.4. The number of hydrogen-bond donors (Lipinski definition) is 3. The van der Waals surface area contributed by atoms with E-state index < -0.39 is 63.8 Å². The Bertz CT molecular complexity index is 1290. The minimum atomic E-state index is -5.03. The summed E-state index contributed by atoms with van der Waals surface area (Å²) in [7, 11) is 1.43. The van der Waals surface area contributed by atoms with Gasteiger partial charge in [0.1, 0.15) is 11.6 Å². The average Bonchev–Trinajstić information content (AvgIpc) is 2.75. The van der Waals surface area contributed by atoms with Gasteiger partial charge in [-0.3, -0.25) is 9.78 Å². The molecule has 1 aromatic heterocycles. The topological polar surface area (TPSA) is 104 Å². The highest BCUT2D eigenvalue weighted by Crippen LogP contribution is 2.45. The number of ether oxygens (including phenoxy) is 2. The van der Waals surface area contributed by atoms with Crippen LogP contribution in [0, 0.1) is 11.6 Å². The molecule has 13 heteroatoms. The van der Waals surface area contributed by atoms with E-state index in [0.717, 1.165) is 12.1 Å². The van der Waals surface area contributed by atoms with Crippen LogP contribution in [0.15, 0.2) is 38.8 Å². The normalized spacial score (nSPS) is 12.9. The molecule has 7 nitrogen and oxygen atoms in total. The van der Waals surface area contributed by atoms with Gasteiger partial charge >= 0.3 is 11.9 Å². The van der Waals surface area contributed by atoms with Gasteiger partial charge in [-0.15, -0.1) is 11.8 Å². The lowest BCUT2D eigenvalue weighted by atomic mass is 9.96. The van der Waals surface area contributed by atoms with Crippen LogP contribution in [0.3, 0.4) is 0 Å². The fraction of sp³-hybridized carbons (Fsp3) is 0.333. The molecule has 1 atom stereocenters. The number of benzene rings is 2. The van der Waals surface area contributed by atoms with Gasteiger partial charge in [0.15, 0.2) is 0 Å². The molecule has 0 bridgehead atoms. The van der Waals surface area contributed by atoms with E-state index in [1.165, 1.54) is 7.11 Å². The summed E-state index contributed by atoms with van der Waals surface area (Å²) in [4.78, 5) is 28.1. The van der Waals surface area contributed by atoms with E-state index >= 15 is 0 Å². The van der Waals surface area contributed by atoms with Gasteiger partial charge in [0.2, 0.25) is 0 Å². The Balaban J connectivity index is 2.29. The Morgan fingerprint density at radius 3 is 2.47 bits per heavy atom. The quantitative estimate of drug-likeness (QED) is 0.234. The van der Waals surface area contributed by atoms with Crippen molar-refractivity contribution in [1.29, 1.82) is 0 Å². The third-order valence-electron chi connectivity index (χ3n) is 4.76. The van der Waals surface area contributed by atoms with Crippen molar-refractivity contribution in [2.75, 3.05) is 32.7 Å². The maximum Gasteiger partial charge on any atom is 0.417 e. The number of rotatable bonds is 9. The van der Waals surface area contributed by atoms with Crippen molar-refractivity contribution < 1.29 is 36.5 Å². The van der Waals surface area contributed by atoms with Crippen molar-refractivity contribution in [3.8, 4) is 11.1 Å².